The van der Waals surface area contributed by atoms with Gasteiger partial charge in [0.05, 0.1) is 0 Å². The Morgan fingerprint density at radius 2 is 1.83 bits per heavy atom. The van der Waals surface area contributed by atoms with Crippen molar-refractivity contribution in [1.29, 1.82) is 0 Å². The largest absolute Gasteiger partial charge is 0.480 e. The Hall–Kier alpha value is -0.610. The van der Waals surface area contributed by atoms with Gasteiger partial charge >= 0.3 is 5.97 Å². The Balaban J connectivity index is 0. The van der Waals surface area contributed by atoms with Crippen molar-refractivity contribution in [3.8, 4) is 0 Å². The first-order valence-electron chi connectivity index (χ1n) is 3.46. The summed E-state index contributed by atoms with van der Waals surface area (Å²) >= 11 is 0. The number of nitrogens with two attached hydrogens (primary N) is 1. The predicted molar refractivity (Wildman–Crippen MR) is 47.3 cm³/mol. The number of aliphatic carboxylic acids is 1. The van der Waals surface area contributed by atoms with Crippen LogP contribution >= 0.6 is 12.4 Å². The number of carboxylic acid groups (broad SMARTS) is 1. The SMILES string of the molecule is CC(C)C(=O)CC(N)C(=O)O.Cl. The standard InChI is InChI=1S/C7H13NO3.ClH/c1-4(2)6(9)3-5(8)7(10)11;/h4-5H,3,8H2,1-2H3,(H,10,11);1H. The lowest BCUT2D eigenvalue weighted by Crippen LogP contribution is -2.33. The van der Waals surface area contributed by atoms with Crippen molar-refractivity contribution in [3.63, 3.8) is 0 Å². The Kier molecular flexibility index (Phi) is 6.94. The van der Waals surface area contributed by atoms with Gasteiger partial charge in [0.25, 0.3) is 0 Å². The Morgan fingerprint density at radius 3 is 2.08 bits per heavy atom. The quantitative estimate of drug-likeness (QED) is 0.682. The van der Waals surface area contributed by atoms with Gasteiger partial charge in [0.15, 0.2) is 0 Å². The number of carbonyl (C=O) groups excluding carboxylic acids is 1. The van der Waals surface area contributed by atoms with Crippen LogP contribution in [0, 0.1) is 5.92 Å². The summed E-state index contributed by atoms with van der Waals surface area (Å²) < 4.78 is 0. The van der Waals surface area contributed by atoms with Gasteiger partial charge in [0, 0.05) is 12.3 Å². The van der Waals surface area contributed by atoms with E-state index in [0.29, 0.717) is 0 Å². The lowest BCUT2D eigenvalue weighted by atomic mass is 10.0. The fourth-order valence-electron chi connectivity index (χ4n) is 0.540. The summed E-state index contributed by atoms with van der Waals surface area (Å²) in [6.45, 7) is 3.44. The van der Waals surface area contributed by atoms with Crippen molar-refractivity contribution in [2.75, 3.05) is 0 Å². The summed E-state index contributed by atoms with van der Waals surface area (Å²) in [6.07, 6.45) is -0.0764. The molecule has 72 valence electrons. The molecule has 0 aromatic carbocycles. The topological polar surface area (TPSA) is 80.4 Å². The second kappa shape index (κ2) is 5.97. The van der Waals surface area contributed by atoms with Gasteiger partial charge < -0.3 is 10.8 Å². The molecule has 12 heavy (non-hydrogen) atoms. The maximum Gasteiger partial charge on any atom is 0.320 e. The van der Waals surface area contributed by atoms with Crippen LogP contribution in [0.2, 0.25) is 0 Å². The van der Waals surface area contributed by atoms with Crippen LogP contribution in [-0.2, 0) is 9.59 Å². The van der Waals surface area contributed by atoms with Gasteiger partial charge in [-0.1, -0.05) is 13.8 Å². The predicted octanol–water partition coefficient (Wildman–Crippen LogP) is 0.435. The van der Waals surface area contributed by atoms with Crippen LogP contribution in [0.15, 0.2) is 0 Å². The normalized spacial score (nSPS) is 12.0. The van der Waals surface area contributed by atoms with Crippen molar-refractivity contribution >= 4 is 24.2 Å². The molecule has 0 heterocycles. The summed E-state index contributed by atoms with van der Waals surface area (Å²) in [7, 11) is 0. The smallest absolute Gasteiger partial charge is 0.320 e. The van der Waals surface area contributed by atoms with Crippen molar-refractivity contribution in [1.82, 2.24) is 0 Å². The zero-order valence-corrected chi connectivity index (χ0v) is 7.93. The molecule has 0 aromatic heterocycles. The highest BCUT2D eigenvalue weighted by molar-refractivity contribution is 5.86. The van der Waals surface area contributed by atoms with Gasteiger partial charge in [-0.05, 0) is 0 Å². The molecule has 0 spiro atoms. The number of carboxylic acids is 1. The fraction of sp³-hybridized carbons (Fsp3) is 0.714. The van der Waals surface area contributed by atoms with E-state index in [2.05, 4.69) is 0 Å². The average molecular weight is 196 g/mol. The monoisotopic (exact) mass is 195 g/mol. The molecule has 1 atom stereocenters. The molecule has 0 radical (unpaired) electrons. The highest BCUT2D eigenvalue weighted by atomic mass is 35.5. The van der Waals surface area contributed by atoms with Crippen molar-refractivity contribution in [2.45, 2.75) is 26.3 Å². The van der Waals surface area contributed by atoms with E-state index in [1.807, 2.05) is 0 Å². The zero-order chi connectivity index (χ0) is 9.02. The molecule has 3 N–H and O–H groups in total. The number of hydrogen-bond donors (Lipinski definition) is 2. The van der Waals surface area contributed by atoms with Crippen LogP contribution in [0.4, 0.5) is 0 Å². The number of hydrogen-bond acceptors (Lipinski definition) is 3. The number of ketones is 1. The molecule has 0 amide bonds. The van der Waals surface area contributed by atoms with Gasteiger partial charge in [0.1, 0.15) is 11.8 Å². The summed E-state index contributed by atoms with van der Waals surface area (Å²) in [5.74, 6) is -1.38. The van der Waals surface area contributed by atoms with E-state index in [1.165, 1.54) is 0 Å². The maximum absolute atomic E-state index is 10.9. The van der Waals surface area contributed by atoms with Gasteiger partial charge in [0.2, 0.25) is 0 Å². The van der Waals surface area contributed by atoms with E-state index in [4.69, 9.17) is 10.8 Å². The third-order valence-electron chi connectivity index (χ3n) is 1.38. The van der Waals surface area contributed by atoms with Gasteiger partial charge in [-0.25, -0.2) is 0 Å². The maximum atomic E-state index is 10.9. The molecule has 0 aromatic rings. The Labute approximate surface area is 77.5 Å². The minimum atomic E-state index is -1.13. The number of carbonyl (C=O) groups is 2. The molecule has 0 saturated heterocycles. The zero-order valence-electron chi connectivity index (χ0n) is 7.11. The highest BCUT2D eigenvalue weighted by Crippen LogP contribution is 2.00. The average Bonchev–Trinajstić information content (AvgIpc) is 1.87. The Morgan fingerprint density at radius 1 is 1.42 bits per heavy atom. The molecule has 0 fully saturated rings. The highest BCUT2D eigenvalue weighted by Gasteiger charge is 2.17. The second-order valence-electron chi connectivity index (χ2n) is 2.77. The first-order valence-corrected chi connectivity index (χ1v) is 3.46. The van der Waals surface area contributed by atoms with Crippen molar-refractivity contribution in [3.05, 3.63) is 0 Å². The lowest BCUT2D eigenvalue weighted by molar-refractivity contribution is -0.140. The molecule has 0 aliphatic heterocycles. The number of halogens is 1. The van der Waals surface area contributed by atoms with Crippen LogP contribution in [-0.4, -0.2) is 22.9 Å². The van der Waals surface area contributed by atoms with Crippen LogP contribution < -0.4 is 5.73 Å². The number of rotatable bonds is 4. The molecule has 0 bridgehead atoms. The summed E-state index contributed by atoms with van der Waals surface area (Å²) in [4.78, 5) is 21.1. The summed E-state index contributed by atoms with van der Waals surface area (Å²) in [5, 5.41) is 8.34. The number of Topliss-reactive ketones (excluding diaryl/α,β-unsaturated/α-hetero) is 1. The van der Waals surface area contributed by atoms with E-state index in [0.717, 1.165) is 0 Å². The summed E-state index contributed by atoms with van der Waals surface area (Å²) in [6, 6.07) is -1.05. The Bertz CT molecular complexity index is 170. The molecule has 1 unspecified atom stereocenters. The fourth-order valence-corrected chi connectivity index (χ4v) is 0.540. The molecule has 0 saturated carbocycles. The van der Waals surface area contributed by atoms with E-state index in [9.17, 15) is 9.59 Å². The van der Waals surface area contributed by atoms with Crippen LogP contribution in [0.3, 0.4) is 0 Å². The first kappa shape index (κ1) is 13.9. The minimum absolute atomic E-state index is 0. The van der Waals surface area contributed by atoms with Gasteiger partial charge in [-0.2, -0.15) is 0 Å². The van der Waals surface area contributed by atoms with Crippen molar-refractivity contribution < 1.29 is 14.7 Å². The summed E-state index contributed by atoms with van der Waals surface area (Å²) in [5.41, 5.74) is 5.13. The van der Waals surface area contributed by atoms with Crippen LogP contribution in [0.1, 0.15) is 20.3 Å². The van der Waals surface area contributed by atoms with Crippen LogP contribution in [0.5, 0.6) is 0 Å². The molecular weight excluding hydrogens is 182 g/mol. The van der Waals surface area contributed by atoms with Gasteiger partial charge in [-0.3, -0.25) is 9.59 Å². The first-order chi connectivity index (χ1) is 4.95. The molecule has 0 aliphatic carbocycles. The van der Waals surface area contributed by atoms with Crippen LogP contribution in [0.25, 0.3) is 0 Å². The minimum Gasteiger partial charge on any atom is -0.480 e. The van der Waals surface area contributed by atoms with E-state index in [1.54, 1.807) is 13.8 Å². The molecule has 5 heteroatoms. The van der Waals surface area contributed by atoms with Crippen molar-refractivity contribution in [2.24, 2.45) is 11.7 Å². The lowest BCUT2D eigenvalue weighted by Gasteiger charge is -2.06. The van der Waals surface area contributed by atoms with Gasteiger partial charge in [-0.15, -0.1) is 12.4 Å². The third kappa shape index (κ3) is 5.09. The van der Waals surface area contributed by atoms with E-state index in [-0.39, 0.29) is 30.5 Å². The van der Waals surface area contributed by atoms with E-state index >= 15 is 0 Å². The molecule has 0 aliphatic rings. The molecule has 0 rings (SSSR count). The van der Waals surface area contributed by atoms with E-state index < -0.39 is 12.0 Å². The second-order valence-corrected chi connectivity index (χ2v) is 2.77. The molecule has 4 nitrogen and oxygen atoms in total. The molecular formula is C7H14ClNO3. The third-order valence-corrected chi connectivity index (χ3v) is 1.38.